The number of benzene rings is 1. The van der Waals surface area contributed by atoms with Crippen molar-refractivity contribution in [3.05, 3.63) is 46.3 Å². The number of nitro groups is 1. The molecule has 1 aromatic heterocycles. The van der Waals surface area contributed by atoms with Crippen molar-refractivity contribution in [1.82, 2.24) is 9.97 Å². The molecule has 136 valence electrons. The molecule has 0 saturated carbocycles. The largest absolute Gasteiger partial charge is 0.465 e. The quantitative estimate of drug-likeness (QED) is 0.447. The Bertz CT molecular complexity index is 805. The third kappa shape index (κ3) is 3.70. The van der Waals surface area contributed by atoms with Gasteiger partial charge in [0.1, 0.15) is 12.1 Å². The summed E-state index contributed by atoms with van der Waals surface area (Å²) in [5.41, 5.74) is 0.0255. The second-order valence-electron chi connectivity index (χ2n) is 5.33. The van der Waals surface area contributed by atoms with Gasteiger partial charge in [0, 0.05) is 13.1 Å². The van der Waals surface area contributed by atoms with E-state index in [-0.39, 0.29) is 17.4 Å². The zero-order chi connectivity index (χ0) is 18.5. The molecule has 10 nitrogen and oxygen atoms in total. The lowest BCUT2D eigenvalue weighted by molar-refractivity contribution is -0.385. The summed E-state index contributed by atoms with van der Waals surface area (Å²) in [6, 6.07) is 6.01. The lowest BCUT2D eigenvalue weighted by Crippen LogP contribution is -2.37. The smallest absolute Gasteiger partial charge is 0.373 e. The Kier molecular flexibility index (Phi) is 5.23. The monoisotopic (exact) mass is 360 g/mol. The summed E-state index contributed by atoms with van der Waals surface area (Å²) in [7, 11) is 1.28. The number of nitrogens with zero attached hydrogens (tertiary/aromatic N) is 4. The fourth-order valence-corrected chi connectivity index (χ4v) is 2.48. The molecule has 3 rings (SSSR count). The minimum atomic E-state index is -0.567. The van der Waals surface area contributed by atoms with Gasteiger partial charge in [-0.2, -0.15) is 4.98 Å². The van der Waals surface area contributed by atoms with Gasteiger partial charge in [0.05, 0.1) is 30.8 Å². The van der Waals surface area contributed by atoms with E-state index in [9.17, 15) is 14.9 Å². The molecule has 10 heteroatoms. The Balaban J connectivity index is 1.89. The van der Waals surface area contributed by atoms with Crippen molar-refractivity contribution in [3.8, 4) is 11.6 Å². The number of hydrogen-bond donors (Lipinski definition) is 0. The molecular formula is C16H16N4O6. The van der Waals surface area contributed by atoms with E-state index >= 15 is 0 Å². The summed E-state index contributed by atoms with van der Waals surface area (Å²) >= 11 is 0. The summed E-state index contributed by atoms with van der Waals surface area (Å²) < 4.78 is 15.5. The summed E-state index contributed by atoms with van der Waals surface area (Å²) in [5.74, 6) is -0.168. The molecule has 1 saturated heterocycles. The molecule has 1 aliphatic heterocycles. The Morgan fingerprint density at radius 1 is 1.23 bits per heavy atom. The first-order valence-corrected chi connectivity index (χ1v) is 7.78. The van der Waals surface area contributed by atoms with Gasteiger partial charge >= 0.3 is 17.5 Å². The van der Waals surface area contributed by atoms with Crippen molar-refractivity contribution in [2.24, 2.45) is 0 Å². The van der Waals surface area contributed by atoms with Crippen molar-refractivity contribution in [1.29, 1.82) is 0 Å². The van der Waals surface area contributed by atoms with Crippen LogP contribution in [0.1, 0.15) is 10.4 Å². The van der Waals surface area contributed by atoms with Crippen LogP contribution in [-0.4, -0.2) is 54.3 Å². The molecule has 1 fully saturated rings. The van der Waals surface area contributed by atoms with Crippen LogP contribution in [0.2, 0.25) is 0 Å². The molecule has 26 heavy (non-hydrogen) atoms. The highest BCUT2D eigenvalue weighted by Crippen LogP contribution is 2.36. The molecule has 1 aliphatic rings. The molecule has 0 radical (unpaired) electrons. The number of morpholine rings is 1. The van der Waals surface area contributed by atoms with E-state index < -0.39 is 10.9 Å². The Labute approximate surface area is 148 Å². The van der Waals surface area contributed by atoms with E-state index in [4.69, 9.17) is 9.47 Å². The van der Waals surface area contributed by atoms with E-state index in [2.05, 4.69) is 14.7 Å². The third-order valence-corrected chi connectivity index (χ3v) is 3.75. The normalized spacial score (nSPS) is 14.0. The highest BCUT2D eigenvalue weighted by Gasteiger charge is 2.29. The molecule has 0 aliphatic carbocycles. The van der Waals surface area contributed by atoms with Crippen LogP contribution in [0.3, 0.4) is 0 Å². The Morgan fingerprint density at radius 2 is 1.92 bits per heavy atom. The van der Waals surface area contributed by atoms with E-state index in [0.717, 1.165) is 0 Å². The maximum absolute atomic E-state index is 11.6. The molecule has 0 atom stereocenters. The van der Waals surface area contributed by atoms with Gasteiger partial charge in [-0.05, 0) is 24.3 Å². The molecule has 0 unspecified atom stereocenters. The van der Waals surface area contributed by atoms with Gasteiger partial charge in [-0.3, -0.25) is 10.1 Å². The van der Waals surface area contributed by atoms with Gasteiger partial charge in [0.15, 0.2) is 0 Å². The highest BCUT2D eigenvalue weighted by molar-refractivity contribution is 5.89. The standard InChI is InChI=1S/C16H16N4O6/c1-24-16(21)11-2-4-12(5-3-11)26-15-13(20(22)23)14(17-10-18-15)19-6-8-25-9-7-19/h2-5,10H,6-9H2,1H3. The molecule has 2 aromatic rings. The average Bonchev–Trinajstić information content (AvgIpc) is 2.68. The second kappa shape index (κ2) is 7.74. The molecule has 0 spiro atoms. The van der Waals surface area contributed by atoms with Crippen LogP contribution < -0.4 is 9.64 Å². The summed E-state index contributed by atoms with van der Waals surface area (Å²) in [4.78, 5) is 32.2. The molecular weight excluding hydrogens is 344 g/mol. The van der Waals surface area contributed by atoms with Crippen LogP contribution in [0.4, 0.5) is 11.5 Å². The van der Waals surface area contributed by atoms with Gasteiger partial charge in [-0.15, -0.1) is 0 Å². The predicted molar refractivity (Wildman–Crippen MR) is 89.6 cm³/mol. The van der Waals surface area contributed by atoms with Crippen LogP contribution in [0.5, 0.6) is 11.6 Å². The van der Waals surface area contributed by atoms with Gasteiger partial charge in [0.2, 0.25) is 5.82 Å². The lowest BCUT2D eigenvalue weighted by Gasteiger charge is -2.27. The van der Waals surface area contributed by atoms with E-state index in [1.807, 2.05) is 0 Å². The second-order valence-corrected chi connectivity index (χ2v) is 5.33. The maximum Gasteiger partial charge on any atom is 0.373 e. The highest BCUT2D eigenvalue weighted by atomic mass is 16.6. The van der Waals surface area contributed by atoms with Gasteiger partial charge in [0.25, 0.3) is 0 Å². The Hall–Kier alpha value is -3.27. The van der Waals surface area contributed by atoms with Crippen molar-refractivity contribution in [2.45, 2.75) is 0 Å². The fourth-order valence-electron chi connectivity index (χ4n) is 2.48. The van der Waals surface area contributed by atoms with E-state index in [0.29, 0.717) is 37.6 Å². The van der Waals surface area contributed by atoms with Gasteiger partial charge in [-0.25, -0.2) is 9.78 Å². The number of hydrogen-bond acceptors (Lipinski definition) is 9. The zero-order valence-corrected chi connectivity index (χ0v) is 14.0. The minimum Gasteiger partial charge on any atom is -0.465 e. The summed E-state index contributed by atoms with van der Waals surface area (Å²) in [6.45, 7) is 1.91. The number of methoxy groups -OCH3 is 1. The number of carbonyl (C=O) groups is 1. The Morgan fingerprint density at radius 3 is 2.54 bits per heavy atom. The van der Waals surface area contributed by atoms with Crippen LogP contribution in [0.25, 0.3) is 0 Å². The first-order valence-electron chi connectivity index (χ1n) is 7.78. The van der Waals surface area contributed by atoms with Crippen molar-refractivity contribution in [2.75, 3.05) is 38.3 Å². The third-order valence-electron chi connectivity index (χ3n) is 3.75. The molecule has 1 aromatic carbocycles. The predicted octanol–water partition coefficient (Wildman–Crippen LogP) is 1.80. The maximum atomic E-state index is 11.6. The number of aromatic nitrogens is 2. The molecule has 2 heterocycles. The first-order chi connectivity index (χ1) is 12.6. The van der Waals surface area contributed by atoms with Crippen LogP contribution in [-0.2, 0) is 9.47 Å². The number of esters is 1. The van der Waals surface area contributed by atoms with Gasteiger partial charge < -0.3 is 19.1 Å². The number of rotatable bonds is 5. The fraction of sp³-hybridized carbons (Fsp3) is 0.312. The zero-order valence-electron chi connectivity index (χ0n) is 14.0. The van der Waals surface area contributed by atoms with Crippen LogP contribution in [0.15, 0.2) is 30.6 Å². The SMILES string of the molecule is COC(=O)c1ccc(Oc2ncnc(N3CCOCC3)c2[N+](=O)[O-])cc1. The summed E-state index contributed by atoms with van der Waals surface area (Å²) in [6.07, 6.45) is 1.22. The van der Waals surface area contributed by atoms with Gasteiger partial charge in [-0.1, -0.05) is 0 Å². The van der Waals surface area contributed by atoms with Crippen molar-refractivity contribution >= 4 is 17.5 Å². The summed E-state index contributed by atoms with van der Waals surface area (Å²) in [5, 5.41) is 11.6. The topological polar surface area (TPSA) is 117 Å². The van der Waals surface area contributed by atoms with Crippen LogP contribution in [0, 0.1) is 10.1 Å². The molecule has 0 amide bonds. The van der Waals surface area contributed by atoms with Crippen molar-refractivity contribution in [3.63, 3.8) is 0 Å². The van der Waals surface area contributed by atoms with E-state index in [1.165, 1.54) is 37.7 Å². The molecule has 0 N–H and O–H groups in total. The lowest BCUT2D eigenvalue weighted by atomic mass is 10.2. The minimum absolute atomic E-state index is 0.169. The number of ether oxygens (including phenoxy) is 3. The van der Waals surface area contributed by atoms with Crippen molar-refractivity contribution < 1.29 is 23.9 Å². The average molecular weight is 360 g/mol. The first kappa shape index (κ1) is 17.5. The molecule has 0 bridgehead atoms. The van der Waals surface area contributed by atoms with E-state index in [1.54, 1.807) is 4.90 Å². The number of carbonyl (C=O) groups excluding carboxylic acids is 1. The number of anilines is 1. The van der Waals surface area contributed by atoms with Crippen LogP contribution >= 0.6 is 0 Å².